The molecule has 18 heavy (non-hydrogen) atoms. The third kappa shape index (κ3) is 3.28. The van der Waals surface area contributed by atoms with Crippen molar-refractivity contribution in [1.82, 2.24) is 15.0 Å². The number of carboxylic acids is 1. The van der Waals surface area contributed by atoms with Crippen LogP contribution < -0.4 is 0 Å². The first-order valence-corrected chi connectivity index (χ1v) is 5.77. The number of aromatic nitrogens is 3. The molecule has 100 valence electrons. The summed E-state index contributed by atoms with van der Waals surface area (Å²) < 4.78 is 6.18. The highest BCUT2D eigenvalue weighted by Gasteiger charge is 2.26. The topological polar surface area (TPSA) is 94.3 Å². The molecule has 1 heterocycles. The third-order valence-corrected chi connectivity index (χ3v) is 2.31. The summed E-state index contributed by atoms with van der Waals surface area (Å²) >= 11 is 0. The highest BCUT2D eigenvalue weighted by molar-refractivity contribution is 5.86. The Bertz CT molecular complexity index is 428. The SMILES string of the molecule is CCC(C(=O)OCC(C)C)n1nncc1C(=O)O. The monoisotopic (exact) mass is 255 g/mol. The van der Waals surface area contributed by atoms with Gasteiger partial charge < -0.3 is 9.84 Å². The van der Waals surface area contributed by atoms with Crippen LogP contribution in [0.2, 0.25) is 0 Å². The molecule has 1 aromatic rings. The van der Waals surface area contributed by atoms with Gasteiger partial charge in [0.25, 0.3) is 0 Å². The lowest BCUT2D eigenvalue weighted by atomic mass is 10.2. The first-order valence-electron chi connectivity index (χ1n) is 5.77. The quantitative estimate of drug-likeness (QED) is 0.765. The zero-order valence-corrected chi connectivity index (χ0v) is 10.7. The number of rotatable bonds is 6. The molecule has 7 heteroatoms. The van der Waals surface area contributed by atoms with Crippen LogP contribution in [0.15, 0.2) is 6.20 Å². The van der Waals surface area contributed by atoms with E-state index in [1.165, 1.54) is 0 Å². The van der Waals surface area contributed by atoms with Crippen LogP contribution >= 0.6 is 0 Å². The average Bonchev–Trinajstić information content (AvgIpc) is 2.76. The molecule has 0 fully saturated rings. The van der Waals surface area contributed by atoms with Crippen LogP contribution in [-0.2, 0) is 9.53 Å². The molecule has 7 nitrogen and oxygen atoms in total. The molecule has 0 aliphatic heterocycles. The van der Waals surface area contributed by atoms with E-state index in [9.17, 15) is 9.59 Å². The molecule has 0 saturated heterocycles. The van der Waals surface area contributed by atoms with Gasteiger partial charge in [0.1, 0.15) is 0 Å². The summed E-state index contributed by atoms with van der Waals surface area (Å²) in [5.74, 6) is -1.43. The van der Waals surface area contributed by atoms with Crippen molar-refractivity contribution < 1.29 is 19.4 Å². The van der Waals surface area contributed by atoms with Gasteiger partial charge in [0.2, 0.25) is 0 Å². The van der Waals surface area contributed by atoms with Gasteiger partial charge in [-0.15, -0.1) is 5.10 Å². The van der Waals surface area contributed by atoms with Gasteiger partial charge in [0.05, 0.1) is 12.8 Å². The lowest BCUT2D eigenvalue weighted by Crippen LogP contribution is -2.26. The Morgan fingerprint density at radius 2 is 2.17 bits per heavy atom. The zero-order valence-electron chi connectivity index (χ0n) is 10.7. The Morgan fingerprint density at radius 1 is 1.50 bits per heavy atom. The van der Waals surface area contributed by atoms with Gasteiger partial charge in [0, 0.05) is 0 Å². The molecule has 1 aromatic heterocycles. The molecule has 1 atom stereocenters. The van der Waals surface area contributed by atoms with E-state index in [0.717, 1.165) is 10.9 Å². The van der Waals surface area contributed by atoms with Crippen LogP contribution in [0.3, 0.4) is 0 Å². The van der Waals surface area contributed by atoms with Crippen LogP contribution in [0.5, 0.6) is 0 Å². The number of aromatic carboxylic acids is 1. The van der Waals surface area contributed by atoms with Crippen molar-refractivity contribution in [2.75, 3.05) is 6.61 Å². The van der Waals surface area contributed by atoms with Crippen molar-refractivity contribution in [2.24, 2.45) is 5.92 Å². The number of hydrogen-bond acceptors (Lipinski definition) is 5. The lowest BCUT2D eigenvalue weighted by molar-refractivity contribution is -0.149. The van der Waals surface area contributed by atoms with Crippen molar-refractivity contribution >= 4 is 11.9 Å². The molecular weight excluding hydrogens is 238 g/mol. The van der Waals surface area contributed by atoms with Gasteiger partial charge in [-0.2, -0.15) is 0 Å². The summed E-state index contributed by atoms with van der Waals surface area (Å²) in [5, 5.41) is 16.1. The number of esters is 1. The number of carbonyl (C=O) groups excluding carboxylic acids is 1. The van der Waals surface area contributed by atoms with Crippen molar-refractivity contribution in [1.29, 1.82) is 0 Å². The second-order valence-electron chi connectivity index (χ2n) is 4.32. The van der Waals surface area contributed by atoms with Crippen molar-refractivity contribution in [3.05, 3.63) is 11.9 Å². The number of carbonyl (C=O) groups is 2. The van der Waals surface area contributed by atoms with Gasteiger partial charge in [0.15, 0.2) is 11.7 Å². The maximum Gasteiger partial charge on any atom is 0.355 e. The molecule has 1 rings (SSSR count). The summed E-state index contributed by atoms with van der Waals surface area (Å²) in [6.07, 6.45) is 1.50. The summed E-state index contributed by atoms with van der Waals surface area (Å²) in [6, 6.07) is -0.752. The van der Waals surface area contributed by atoms with Crippen molar-refractivity contribution in [3.8, 4) is 0 Å². The summed E-state index contributed by atoms with van der Waals surface area (Å²) in [5.41, 5.74) is -0.122. The number of ether oxygens (including phenoxy) is 1. The molecule has 0 spiro atoms. The normalized spacial score (nSPS) is 12.4. The first-order chi connectivity index (χ1) is 8.47. The van der Waals surface area contributed by atoms with Crippen LogP contribution in [0.4, 0.5) is 0 Å². The molecule has 0 amide bonds. The predicted octanol–water partition coefficient (Wildman–Crippen LogP) is 1.13. The van der Waals surface area contributed by atoms with Crippen molar-refractivity contribution in [2.45, 2.75) is 33.2 Å². The Hall–Kier alpha value is -1.92. The molecule has 0 saturated carbocycles. The van der Waals surface area contributed by atoms with E-state index in [4.69, 9.17) is 9.84 Å². The fourth-order valence-electron chi connectivity index (χ4n) is 1.41. The fraction of sp³-hybridized carbons (Fsp3) is 0.636. The highest BCUT2D eigenvalue weighted by Crippen LogP contribution is 2.15. The lowest BCUT2D eigenvalue weighted by Gasteiger charge is -2.16. The third-order valence-electron chi connectivity index (χ3n) is 2.31. The standard InChI is InChI=1S/C11H17N3O4/c1-4-8(11(17)18-6-7(2)3)14-9(10(15)16)5-12-13-14/h5,7-8H,4,6H2,1-3H3,(H,15,16). The largest absolute Gasteiger partial charge is 0.476 e. The molecule has 0 aromatic carbocycles. The van der Waals surface area contributed by atoms with Gasteiger partial charge in [-0.3, -0.25) is 0 Å². The molecule has 0 aliphatic rings. The number of nitrogens with zero attached hydrogens (tertiary/aromatic N) is 3. The minimum absolute atomic E-state index is 0.122. The number of carboxylic acid groups (broad SMARTS) is 1. The average molecular weight is 255 g/mol. The molecule has 0 radical (unpaired) electrons. The molecular formula is C11H17N3O4. The summed E-state index contributed by atoms with van der Waals surface area (Å²) in [4.78, 5) is 22.8. The van der Waals surface area contributed by atoms with Crippen LogP contribution in [-0.4, -0.2) is 38.6 Å². The van der Waals surface area contributed by atoms with Crippen LogP contribution in [0.1, 0.15) is 43.7 Å². The second kappa shape index (κ2) is 6.13. The second-order valence-corrected chi connectivity index (χ2v) is 4.32. The smallest absolute Gasteiger partial charge is 0.355 e. The van der Waals surface area contributed by atoms with Gasteiger partial charge in [-0.05, 0) is 12.3 Å². The Labute approximate surface area is 105 Å². The zero-order chi connectivity index (χ0) is 13.7. The van der Waals surface area contributed by atoms with E-state index in [1.54, 1.807) is 6.92 Å². The summed E-state index contributed by atoms with van der Waals surface area (Å²) in [6.45, 7) is 5.90. The Kier molecular flexibility index (Phi) is 4.82. The highest BCUT2D eigenvalue weighted by atomic mass is 16.5. The van der Waals surface area contributed by atoms with Crippen LogP contribution in [0.25, 0.3) is 0 Å². The van der Waals surface area contributed by atoms with Gasteiger partial charge in [-0.25, -0.2) is 14.3 Å². The maximum absolute atomic E-state index is 11.8. The minimum Gasteiger partial charge on any atom is -0.476 e. The van der Waals surface area contributed by atoms with E-state index in [-0.39, 0.29) is 11.6 Å². The Balaban J connectivity index is 2.85. The maximum atomic E-state index is 11.8. The summed E-state index contributed by atoms with van der Waals surface area (Å²) in [7, 11) is 0. The molecule has 0 bridgehead atoms. The van der Waals surface area contributed by atoms with Crippen molar-refractivity contribution in [3.63, 3.8) is 0 Å². The van der Waals surface area contributed by atoms with Gasteiger partial charge >= 0.3 is 11.9 Å². The first kappa shape index (κ1) is 14.1. The van der Waals surface area contributed by atoms with E-state index >= 15 is 0 Å². The number of hydrogen-bond donors (Lipinski definition) is 1. The van der Waals surface area contributed by atoms with E-state index in [2.05, 4.69) is 10.3 Å². The minimum atomic E-state index is -1.17. The van der Waals surface area contributed by atoms with E-state index in [0.29, 0.717) is 13.0 Å². The van der Waals surface area contributed by atoms with Gasteiger partial charge in [-0.1, -0.05) is 26.0 Å². The predicted molar refractivity (Wildman–Crippen MR) is 62.1 cm³/mol. The van der Waals surface area contributed by atoms with Crippen LogP contribution in [0, 0.1) is 5.92 Å². The van der Waals surface area contributed by atoms with E-state index in [1.807, 2.05) is 13.8 Å². The molecule has 1 unspecified atom stereocenters. The molecule has 1 N–H and O–H groups in total. The Morgan fingerprint density at radius 3 is 2.67 bits per heavy atom. The van der Waals surface area contributed by atoms with E-state index < -0.39 is 18.0 Å². The fourth-order valence-corrected chi connectivity index (χ4v) is 1.41. The molecule has 0 aliphatic carbocycles.